The lowest BCUT2D eigenvalue weighted by Gasteiger charge is -2.13. The van der Waals surface area contributed by atoms with E-state index in [4.69, 9.17) is 13.9 Å². The molecule has 0 unspecified atom stereocenters. The van der Waals surface area contributed by atoms with Crippen molar-refractivity contribution in [2.45, 2.75) is 19.8 Å². The van der Waals surface area contributed by atoms with E-state index in [1.54, 1.807) is 19.1 Å². The molecule has 7 heteroatoms. The molecule has 0 aliphatic rings. The monoisotopic (exact) mass is 362 g/mol. The van der Waals surface area contributed by atoms with Crippen LogP contribution in [0.4, 0.5) is 0 Å². The predicted molar refractivity (Wildman–Crippen MR) is 100 cm³/mol. The summed E-state index contributed by atoms with van der Waals surface area (Å²) in [4.78, 5) is 26.6. The summed E-state index contributed by atoms with van der Waals surface area (Å²) < 4.78 is 16.0. The molecule has 7 nitrogen and oxygen atoms in total. The lowest BCUT2D eigenvalue weighted by atomic mass is 10.0. The number of rotatable bonds is 8. The van der Waals surface area contributed by atoms with Gasteiger partial charge in [0.2, 0.25) is 5.91 Å². The normalized spacial score (nSPS) is 11.0. The fourth-order valence-corrected chi connectivity index (χ4v) is 2.81. The Morgan fingerprint density at radius 1 is 1.23 bits per heavy atom. The van der Waals surface area contributed by atoms with Crippen molar-refractivity contribution in [1.82, 2.24) is 10.2 Å². The molecule has 0 radical (unpaired) electrons. The van der Waals surface area contributed by atoms with Crippen LogP contribution >= 0.6 is 0 Å². The molecule has 0 aliphatic carbocycles. The highest BCUT2D eigenvalue weighted by Crippen LogP contribution is 2.33. The summed E-state index contributed by atoms with van der Waals surface area (Å²) in [5.74, 6) is 0.863. The number of hydrogen-bond donors (Lipinski definition) is 1. The van der Waals surface area contributed by atoms with Gasteiger partial charge in [0, 0.05) is 18.7 Å². The molecule has 0 spiro atoms. The van der Waals surface area contributed by atoms with Gasteiger partial charge >= 0.3 is 5.63 Å². The maximum atomic E-state index is 12.4. The summed E-state index contributed by atoms with van der Waals surface area (Å²) in [6.45, 7) is 3.24. The van der Waals surface area contributed by atoms with Crippen LogP contribution in [0.3, 0.4) is 0 Å². The van der Waals surface area contributed by atoms with Crippen LogP contribution in [-0.4, -0.2) is 52.2 Å². The first-order valence-corrected chi connectivity index (χ1v) is 8.47. The minimum Gasteiger partial charge on any atom is -0.496 e. The molecule has 1 aromatic heterocycles. The van der Waals surface area contributed by atoms with Gasteiger partial charge in [-0.25, -0.2) is 4.79 Å². The van der Waals surface area contributed by atoms with E-state index < -0.39 is 5.63 Å². The summed E-state index contributed by atoms with van der Waals surface area (Å²) in [5, 5.41) is 3.51. The minimum atomic E-state index is -0.520. The maximum Gasteiger partial charge on any atom is 0.340 e. The van der Waals surface area contributed by atoms with Crippen molar-refractivity contribution >= 4 is 16.9 Å². The number of aryl methyl sites for hydroxylation is 1. The molecule has 2 aromatic rings. The Kier molecular flexibility index (Phi) is 6.63. The molecule has 0 atom stereocenters. The molecule has 0 aliphatic heterocycles. The Labute approximate surface area is 152 Å². The van der Waals surface area contributed by atoms with Crippen LogP contribution in [0.2, 0.25) is 0 Å². The van der Waals surface area contributed by atoms with Crippen LogP contribution in [-0.2, 0) is 11.2 Å². The highest BCUT2D eigenvalue weighted by molar-refractivity contribution is 5.90. The molecular formula is C19H26N2O5. The predicted octanol–water partition coefficient (Wildman–Crippen LogP) is 1.73. The quantitative estimate of drug-likeness (QED) is 0.569. The van der Waals surface area contributed by atoms with E-state index in [2.05, 4.69) is 10.2 Å². The fraction of sp³-hybridized carbons (Fsp3) is 0.474. The van der Waals surface area contributed by atoms with E-state index >= 15 is 0 Å². The van der Waals surface area contributed by atoms with E-state index in [-0.39, 0.29) is 12.3 Å². The van der Waals surface area contributed by atoms with Crippen molar-refractivity contribution in [1.29, 1.82) is 0 Å². The highest BCUT2D eigenvalue weighted by atomic mass is 16.5. The number of nitrogens with zero attached hydrogens (tertiary/aromatic N) is 1. The van der Waals surface area contributed by atoms with Gasteiger partial charge < -0.3 is 24.1 Å². The van der Waals surface area contributed by atoms with E-state index in [9.17, 15) is 9.59 Å². The van der Waals surface area contributed by atoms with Gasteiger partial charge in [-0.15, -0.1) is 0 Å². The molecule has 2 rings (SSSR count). The molecule has 1 N–H and O–H groups in total. The standard InChI is InChI=1S/C19H26N2O5/c1-12-14(11-17(22)20-7-6-8-21(2)3)19(23)26-16-10-13(24-4)9-15(25-5)18(12)16/h9-10H,6-8,11H2,1-5H3,(H,20,22). The number of hydrogen-bond acceptors (Lipinski definition) is 6. The molecular weight excluding hydrogens is 336 g/mol. The third-order valence-corrected chi connectivity index (χ3v) is 4.21. The van der Waals surface area contributed by atoms with Crippen LogP contribution < -0.4 is 20.4 Å². The van der Waals surface area contributed by atoms with Gasteiger partial charge in [0.15, 0.2) is 0 Å². The van der Waals surface area contributed by atoms with Crippen molar-refractivity contribution in [3.05, 3.63) is 33.7 Å². The van der Waals surface area contributed by atoms with E-state index in [1.807, 2.05) is 14.1 Å². The smallest absolute Gasteiger partial charge is 0.340 e. The summed E-state index contributed by atoms with van der Waals surface area (Å²) in [6, 6.07) is 3.36. The summed E-state index contributed by atoms with van der Waals surface area (Å²) in [7, 11) is 7.03. The molecule has 26 heavy (non-hydrogen) atoms. The van der Waals surface area contributed by atoms with Crippen molar-refractivity contribution in [2.75, 3.05) is 41.4 Å². The molecule has 142 valence electrons. The first-order chi connectivity index (χ1) is 12.4. The Morgan fingerprint density at radius 3 is 2.58 bits per heavy atom. The number of nitrogens with one attached hydrogen (secondary N) is 1. The van der Waals surface area contributed by atoms with Gasteiger partial charge in [-0.3, -0.25) is 4.79 Å². The van der Waals surface area contributed by atoms with Crippen LogP contribution in [0.25, 0.3) is 11.0 Å². The average molecular weight is 362 g/mol. The van der Waals surface area contributed by atoms with Crippen LogP contribution in [0, 0.1) is 6.92 Å². The first kappa shape index (κ1) is 19.8. The second-order valence-electron chi connectivity index (χ2n) is 6.38. The van der Waals surface area contributed by atoms with E-state index in [1.165, 1.54) is 14.2 Å². The lowest BCUT2D eigenvalue weighted by molar-refractivity contribution is -0.120. The SMILES string of the molecule is COc1cc(OC)c2c(C)c(CC(=O)NCCCN(C)C)c(=O)oc2c1. The topological polar surface area (TPSA) is 81.0 Å². The summed E-state index contributed by atoms with van der Waals surface area (Å²) >= 11 is 0. The zero-order valence-electron chi connectivity index (χ0n) is 16.0. The van der Waals surface area contributed by atoms with Gasteiger partial charge in [-0.05, 0) is 39.5 Å². The number of carbonyl (C=O) groups excluding carboxylic acids is 1. The van der Waals surface area contributed by atoms with Gasteiger partial charge in [-0.1, -0.05) is 0 Å². The van der Waals surface area contributed by atoms with Gasteiger partial charge in [-0.2, -0.15) is 0 Å². The number of methoxy groups -OCH3 is 2. The molecule has 1 aromatic carbocycles. The fourth-order valence-electron chi connectivity index (χ4n) is 2.81. The number of benzene rings is 1. The van der Waals surface area contributed by atoms with Crippen molar-refractivity contribution in [3.8, 4) is 11.5 Å². The van der Waals surface area contributed by atoms with Gasteiger partial charge in [0.1, 0.15) is 17.1 Å². The van der Waals surface area contributed by atoms with E-state index in [0.29, 0.717) is 40.1 Å². The molecule has 1 heterocycles. The average Bonchev–Trinajstić information content (AvgIpc) is 2.60. The molecule has 1 amide bonds. The molecule has 0 bridgehead atoms. The zero-order chi connectivity index (χ0) is 19.3. The molecule has 0 saturated carbocycles. The van der Waals surface area contributed by atoms with Crippen LogP contribution in [0.15, 0.2) is 21.3 Å². The Balaban J connectivity index is 2.28. The second kappa shape index (κ2) is 8.71. The number of ether oxygens (including phenoxy) is 2. The Hall–Kier alpha value is -2.54. The van der Waals surface area contributed by atoms with E-state index in [0.717, 1.165) is 13.0 Å². The zero-order valence-corrected chi connectivity index (χ0v) is 16.0. The second-order valence-corrected chi connectivity index (χ2v) is 6.38. The van der Waals surface area contributed by atoms with Gasteiger partial charge in [0.05, 0.1) is 31.6 Å². The molecule has 0 saturated heterocycles. The largest absolute Gasteiger partial charge is 0.496 e. The van der Waals surface area contributed by atoms with Crippen molar-refractivity contribution in [2.24, 2.45) is 0 Å². The number of carbonyl (C=O) groups is 1. The summed E-state index contributed by atoms with van der Waals surface area (Å²) in [6.07, 6.45) is 0.818. The minimum absolute atomic E-state index is 0.0265. The van der Waals surface area contributed by atoms with Gasteiger partial charge in [0.25, 0.3) is 0 Å². The maximum absolute atomic E-state index is 12.4. The molecule has 0 fully saturated rings. The third-order valence-electron chi connectivity index (χ3n) is 4.21. The number of amides is 1. The first-order valence-electron chi connectivity index (χ1n) is 8.47. The Bertz CT molecular complexity index is 842. The van der Waals surface area contributed by atoms with Crippen LogP contribution in [0.1, 0.15) is 17.5 Å². The Morgan fingerprint density at radius 2 is 1.96 bits per heavy atom. The van der Waals surface area contributed by atoms with Crippen molar-refractivity contribution in [3.63, 3.8) is 0 Å². The third kappa shape index (κ3) is 4.54. The van der Waals surface area contributed by atoms with Crippen molar-refractivity contribution < 1.29 is 18.7 Å². The highest BCUT2D eigenvalue weighted by Gasteiger charge is 2.18. The summed E-state index contributed by atoms with van der Waals surface area (Å²) in [5.41, 5.74) is 0.873. The van der Waals surface area contributed by atoms with Crippen LogP contribution in [0.5, 0.6) is 11.5 Å². The lowest BCUT2D eigenvalue weighted by Crippen LogP contribution is -2.30. The number of fused-ring (bicyclic) bond motifs is 1.